The fraction of sp³-hybridized carbons (Fsp3) is 0.651. The largest absolute Gasteiger partial charge is 0.498 e. The Morgan fingerprint density at radius 2 is 1.23 bits per heavy atom. The van der Waals surface area contributed by atoms with E-state index in [1.54, 1.807) is 12.3 Å². The van der Waals surface area contributed by atoms with E-state index in [0.29, 0.717) is 6.42 Å². The van der Waals surface area contributed by atoms with Gasteiger partial charge in [-0.2, -0.15) is 0 Å². The number of aliphatic hydroxyl groups is 1. The molecule has 0 radical (unpaired) electrons. The van der Waals surface area contributed by atoms with Crippen LogP contribution in [0.25, 0.3) is 0 Å². The van der Waals surface area contributed by atoms with E-state index in [2.05, 4.69) is 49.5 Å². The molecule has 3 atom stereocenters. The Kier molecular flexibility index (Phi) is 37.3. The average molecular weight is 764 g/mol. The van der Waals surface area contributed by atoms with Gasteiger partial charge in [-0.3, -0.25) is 13.8 Å². The highest BCUT2D eigenvalue weighted by atomic mass is 31.2. The topological polar surface area (TPSA) is 138 Å². The number of phosphoric acid groups is 1. The summed E-state index contributed by atoms with van der Waals surface area (Å²) in [6.07, 6.45) is 47.9. The predicted molar refractivity (Wildman–Crippen MR) is 220 cm³/mol. The van der Waals surface area contributed by atoms with E-state index < -0.39 is 19.9 Å². The van der Waals surface area contributed by atoms with Crippen LogP contribution in [-0.2, 0) is 27.9 Å². The van der Waals surface area contributed by atoms with Gasteiger partial charge in [-0.15, -0.1) is 0 Å². The molecule has 0 fully saturated rings. The Bertz CT molecular complexity index is 1100. The standard InChI is InChI=1S/C43H74NO8P/c1-3-5-6-7-8-9-10-11-12-15-18-21-24-27-30-33-37-49-39-42(40-51-53(47,48)50-38-36-44)52-43(46)35-32-29-26-23-20-17-14-13-16-19-22-25-28-31-34-41(45)4-2/h11-12,14,16-17,19,23,25-26,28,31,33-34,37,41-42,45H,3-10,13,15,18,20-22,24,27,29-30,32,35-36,38-40,44H2,1-2H3,(H,47,48)/b12-11-,17-14-,19-16-,26-23-,28-25-,34-31+,37-33+/t41-,42-/m1/s1. The zero-order valence-electron chi connectivity index (χ0n) is 33.1. The van der Waals surface area contributed by atoms with Crippen LogP contribution in [0, 0.1) is 0 Å². The predicted octanol–water partition coefficient (Wildman–Crippen LogP) is 11.1. The first kappa shape index (κ1) is 50.5. The van der Waals surface area contributed by atoms with Crippen molar-refractivity contribution < 1.29 is 37.9 Å². The van der Waals surface area contributed by atoms with Crippen molar-refractivity contribution in [3.63, 3.8) is 0 Å². The number of unbranched alkanes of at least 4 members (excludes halogenated alkanes) is 12. The number of aliphatic hydroxyl groups excluding tert-OH is 1. The van der Waals surface area contributed by atoms with Gasteiger partial charge in [0.15, 0.2) is 6.10 Å². The highest BCUT2D eigenvalue weighted by Gasteiger charge is 2.25. The molecule has 0 aliphatic carbocycles. The molecule has 0 saturated carbocycles. The fourth-order valence-electron chi connectivity index (χ4n) is 4.88. The van der Waals surface area contributed by atoms with E-state index in [0.717, 1.165) is 57.8 Å². The number of carbonyl (C=O) groups is 1. The Balaban J connectivity index is 4.29. The van der Waals surface area contributed by atoms with Gasteiger partial charge in [-0.25, -0.2) is 4.57 Å². The molecule has 0 heterocycles. The van der Waals surface area contributed by atoms with Gasteiger partial charge in [0.2, 0.25) is 0 Å². The molecule has 0 spiro atoms. The van der Waals surface area contributed by atoms with Crippen LogP contribution in [0.4, 0.5) is 0 Å². The number of hydrogen-bond donors (Lipinski definition) is 3. The second kappa shape index (κ2) is 39.2. The molecule has 4 N–H and O–H groups in total. The van der Waals surface area contributed by atoms with E-state index in [9.17, 15) is 19.4 Å². The normalized spacial score (nSPS) is 15.0. The molecular formula is C43H74NO8P. The molecule has 304 valence electrons. The summed E-state index contributed by atoms with van der Waals surface area (Å²) in [5.74, 6) is -0.427. The lowest BCUT2D eigenvalue weighted by atomic mass is 10.1. The summed E-state index contributed by atoms with van der Waals surface area (Å²) in [5, 5.41) is 9.46. The molecule has 0 amide bonds. The number of ether oxygens (including phenoxy) is 2. The Morgan fingerprint density at radius 1 is 0.679 bits per heavy atom. The van der Waals surface area contributed by atoms with Crippen LogP contribution in [0.3, 0.4) is 0 Å². The van der Waals surface area contributed by atoms with Crippen molar-refractivity contribution in [1.29, 1.82) is 0 Å². The minimum absolute atomic E-state index is 0.0102. The highest BCUT2D eigenvalue weighted by molar-refractivity contribution is 7.47. The second-order valence-corrected chi connectivity index (χ2v) is 14.5. The Morgan fingerprint density at radius 3 is 1.85 bits per heavy atom. The quantitative estimate of drug-likeness (QED) is 0.0141. The molecule has 0 aliphatic heterocycles. The first-order chi connectivity index (χ1) is 25.8. The third-order valence-corrected chi connectivity index (χ3v) is 9.00. The second-order valence-electron chi connectivity index (χ2n) is 13.0. The van der Waals surface area contributed by atoms with Crippen molar-refractivity contribution in [2.24, 2.45) is 5.73 Å². The number of nitrogens with two attached hydrogens (primary N) is 1. The van der Waals surface area contributed by atoms with Gasteiger partial charge in [-0.1, -0.05) is 132 Å². The molecule has 53 heavy (non-hydrogen) atoms. The van der Waals surface area contributed by atoms with Crippen LogP contribution in [0.15, 0.2) is 85.3 Å². The first-order valence-electron chi connectivity index (χ1n) is 20.2. The van der Waals surface area contributed by atoms with Gasteiger partial charge in [0.1, 0.15) is 6.61 Å². The van der Waals surface area contributed by atoms with Crippen LogP contribution in [0.2, 0.25) is 0 Å². The summed E-state index contributed by atoms with van der Waals surface area (Å²) >= 11 is 0. The number of esters is 1. The summed E-state index contributed by atoms with van der Waals surface area (Å²) in [7, 11) is -4.32. The molecular weight excluding hydrogens is 689 g/mol. The minimum Gasteiger partial charge on any atom is -0.498 e. The number of rotatable bonds is 37. The lowest BCUT2D eigenvalue weighted by Gasteiger charge is -2.19. The van der Waals surface area contributed by atoms with Gasteiger partial charge >= 0.3 is 13.8 Å². The maximum Gasteiger partial charge on any atom is 0.472 e. The van der Waals surface area contributed by atoms with Crippen molar-refractivity contribution >= 4 is 13.8 Å². The van der Waals surface area contributed by atoms with E-state index in [4.69, 9.17) is 24.3 Å². The summed E-state index contributed by atoms with van der Waals surface area (Å²) in [5.41, 5.74) is 5.35. The third kappa shape index (κ3) is 39.0. The molecule has 0 bridgehead atoms. The zero-order valence-corrected chi connectivity index (χ0v) is 34.0. The van der Waals surface area contributed by atoms with Crippen molar-refractivity contribution in [2.45, 2.75) is 154 Å². The molecule has 9 nitrogen and oxygen atoms in total. The number of allylic oxidation sites excluding steroid dienone is 12. The van der Waals surface area contributed by atoms with E-state index in [-0.39, 0.29) is 38.9 Å². The summed E-state index contributed by atoms with van der Waals surface area (Å²) in [4.78, 5) is 22.4. The van der Waals surface area contributed by atoms with Crippen molar-refractivity contribution in [3.05, 3.63) is 85.3 Å². The molecule has 1 unspecified atom stereocenters. The summed E-state index contributed by atoms with van der Waals surface area (Å²) in [6, 6.07) is 0. The zero-order chi connectivity index (χ0) is 38.9. The van der Waals surface area contributed by atoms with E-state index in [1.807, 2.05) is 37.3 Å². The SMILES string of the molecule is CCCCCCCC/C=C\CCCCCC/C=C/OC[C@H](COP(=O)(O)OCCN)OC(=O)CCC/C=C\C/C=C\C/C=C\C/C=C\C=C\[C@H](O)CC. The average Bonchev–Trinajstić information content (AvgIpc) is 3.15. The molecule has 0 aromatic heterocycles. The van der Waals surface area contributed by atoms with Gasteiger partial charge < -0.3 is 25.2 Å². The maximum absolute atomic E-state index is 12.5. The van der Waals surface area contributed by atoms with Crippen LogP contribution in [0.1, 0.15) is 142 Å². The maximum atomic E-state index is 12.5. The van der Waals surface area contributed by atoms with Gasteiger partial charge in [0.25, 0.3) is 0 Å². The van der Waals surface area contributed by atoms with Crippen molar-refractivity contribution in [1.82, 2.24) is 0 Å². The van der Waals surface area contributed by atoms with Crippen molar-refractivity contribution in [3.8, 4) is 0 Å². The van der Waals surface area contributed by atoms with Gasteiger partial charge in [0, 0.05) is 13.0 Å². The highest BCUT2D eigenvalue weighted by Crippen LogP contribution is 2.43. The minimum atomic E-state index is -4.32. The van der Waals surface area contributed by atoms with E-state index in [1.165, 1.54) is 57.8 Å². The lowest BCUT2D eigenvalue weighted by Crippen LogP contribution is -2.27. The van der Waals surface area contributed by atoms with E-state index >= 15 is 0 Å². The van der Waals surface area contributed by atoms with Crippen LogP contribution in [0.5, 0.6) is 0 Å². The van der Waals surface area contributed by atoms with Gasteiger partial charge in [0.05, 0.1) is 25.6 Å². The molecule has 0 aromatic rings. The van der Waals surface area contributed by atoms with Crippen LogP contribution >= 0.6 is 7.82 Å². The summed E-state index contributed by atoms with van der Waals surface area (Å²) in [6.45, 7) is 3.79. The fourth-order valence-corrected chi connectivity index (χ4v) is 5.65. The lowest BCUT2D eigenvalue weighted by molar-refractivity contribution is -0.153. The monoisotopic (exact) mass is 764 g/mol. The number of hydrogen-bond acceptors (Lipinski definition) is 8. The number of phosphoric ester groups is 1. The third-order valence-electron chi connectivity index (χ3n) is 8.02. The molecule has 10 heteroatoms. The Hall–Kier alpha value is -2.52. The van der Waals surface area contributed by atoms with Crippen molar-refractivity contribution in [2.75, 3.05) is 26.4 Å². The summed E-state index contributed by atoms with van der Waals surface area (Å²) < 4.78 is 33.0. The first-order valence-corrected chi connectivity index (χ1v) is 21.7. The molecule has 0 saturated heterocycles. The molecule has 0 aromatic carbocycles. The molecule has 0 rings (SSSR count). The van der Waals surface area contributed by atoms with Gasteiger partial charge in [-0.05, 0) is 83.1 Å². The number of carbonyl (C=O) groups excluding carboxylic acids is 1. The van der Waals surface area contributed by atoms with Crippen LogP contribution in [-0.4, -0.2) is 54.5 Å². The van der Waals surface area contributed by atoms with Crippen LogP contribution < -0.4 is 5.73 Å². The molecule has 0 aliphatic rings. The smallest absolute Gasteiger partial charge is 0.472 e. The Labute approximate surface area is 322 Å².